The van der Waals surface area contributed by atoms with Crippen molar-refractivity contribution in [3.8, 4) is 0 Å². The average Bonchev–Trinajstić information content (AvgIpc) is 3.36. The lowest BCUT2D eigenvalue weighted by Crippen LogP contribution is -2.45. The summed E-state index contributed by atoms with van der Waals surface area (Å²) in [7, 11) is -1.46. The normalized spacial score (nSPS) is 18.3. The van der Waals surface area contributed by atoms with Gasteiger partial charge in [0, 0.05) is 54.9 Å². The molecule has 42 heavy (non-hydrogen) atoms. The smallest absolute Gasteiger partial charge is 0.371 e. The Morgan fingerprint density at radius 1 is 1.02 bits per heavy atom. The summed E-state index contributed by atoms with van der Waals surface area (Å²) in [6.45, 7) is 5.59. The maximum Gasteiger partial charge on any atom is 0.416 e. The first-order valence-electron chi connectivity index (χ1n) is 14.1. The standard InChI is InChI=1S/C31H35F3N4O3S/c1-19-16-24(17-20(2)35-19)38-14-12-23(13-15-38)37(3)30(39)22-9-8-21-10-11-28(26(21)18-22)36-29(42(40)41)25-6-4-5-7-27(25)31(32,33)34/h4-9,16-18,23,28-29,36,42H,10-15H2,1-3H3. The highest BCUT2D eigenvalue weighted by atomic mass is 32.2. The zero-order valence-electron chi connectivity index (χ0n) is 23.8. The fraction of sp³-hybridized carbons (Fsp3) is 0.419. The molecule has 5 rings (SSSR count). The van der Waals surface area contributed by atoms with E-state index in [0.29, 0.717) is 18.4 Å². The number of benzene rings is 2. The quantitative estimate of drug-likeness (QED) is 0.356. The fourth-order valence-electron chi connectivity index (χ4n) is 6.23. The first-order chi connectivity index (χ1) is 19.9. The van der Waals surface area contributed by atoms with Gasteiger partial charge in [-0.2, -0.15) is 13.2 Å². The molecule has 7 nitrogen and oxygen atoms in total. The molecule has 0 saturated carbocycles. The monoisotopic (exact) mass is 600 g/mol. The van der Waals surface area contributed by atoms with Gasteiger partial charge < -0.3 is 9.80 Å². The van der Waals surface area contributed by atoms with Crippen molar-refractivity contribution in [2.24, 2.45) is 0 Å². The summed E-state index contributed by atoms with van der Waals surface area (Å²) in [6, 6.07) is 13.8. The molecule has 1 saturated heterocycles. The van der Waals surface area contributed by atoms with Crippen molar-refractivity contribution in [3.05, 3.63) is 93.8 Å². The van der Waals surface area contributed by atoms with E-state index in [0.717, 1.165) is 60.2 Å². The summed E-state index contributed by atoms with van der Waals surface area (Å²) in [6.07, 6.45) is -1.91. The number of halogens is 3. The summed E-state index contributed by atoms with van der Waals surface area (Å²) in [5, 5.41) is 1.44. The van der Waals surface area contributed by atoms with E-state index in [4.69, 9.17) is 0 Å². The molecular formula is C31H35F3N4O3S. The number of thiol groups is 1. The number of nitrogens with zero attached hydrogens (tertiary/aromatic N) is 3. The highest BCUT2D eigenvalue weighted by Crippen LogP contribution is 2.38. The second kappa shape index (κ2) is 12.0. The Morgan fingerprint density at radius 2 is 1.69 bits per heavy atom. The number of aryl methyl sites for hydroxylation is 3. The maximum absolute atomic E-state index is 13.7. The van der Waals surface area contributed by atoms with Crippen molar-refractivity contribution in [3.63, 3.8) is 0 Å². The van der Waals surface area contributed by atoms with E-state index in [9.17, 15) is 26.4 Å². The number of fused-ring (bicyclic) bond motifs is 1. The molecular weight excluding hydrogens is 565 g/mol. The van der Waals surface area contributed by atoms with Crippen molar-refractivity contribution in [2.45, 2.75) is 63.2 Å². The molecule has 224 valence electrons. The number of aromatic nitrogens is 1. The Kier molecular flexibility index (Phi) is 8.61. The van der Waals surface area contributed by atoms with Crippen molar-refractivity contribution < 1.29 is 26.4 Å². The van der Waals surface area contributed by atoms with Crippen LogP contribution in [0.15, 0.2) is 54.6 Å². The van der Waals surface area contributed by atoms with E-state index in [-0.39, 0.29) is 17.5 Å². The van der Waals surface area contributed by atoms with Crippen LogP contribution in [0.4, 0.5) is 18.9 Å². The molecule has 1 amide bonds. The number of amides is 1. The van der Waals surface area contributed by atoms with Gasteiger partial charge in [0.1, 0.15) is 5.37 Å². The third kappa shape index (κ3) is 6.32. The van der Waals surface area contributed by atoms with Crippen LogP contribution in [0.2, 0.25) is 0 Å². The van der Waals surface area contributed by atoms with Crippen LogP contribution in [0.3, 0.4) is 0 Å². The summed E-state index contributed by atoms with van der Waals surface area (Å²) in [5.74, 6) is -0.133. The number of piperidine rings is 1. The van der Waals surface area contributed by atoms with Crippen LogP contribution in [0.25, 0.3) is 0 Å². The zero-order valence-corrected chi connectivity index (χ0v) is 24.7. The number of nitrogens with one attached hydrogen (secondary N) is 1. The van der Waals surface area contributed by atoms with Crippen molar-refractivity contribution in [1.82, 2.24) is 15.2 Å². The summed E-state index contributed by atoms with van der Waals surface area (Å²) in [4.78, 5) is 22.1. The number of anilines is 1. The van der Waals surface area contributed by atoms with E-state index in [1.807, 2.05) is 19.9 Å². The molecule has 2 unspecified atom stereocenters. The molecule has 11 heteroatoms. The number of rotatable bonds is 7. The molecule has 3 aromatic rings. The number of alkyl halides is 3. The minimum Gasteiger partial charge on any atom is -0.371 e. The van der Waals surface area contributed by atoms with Gasteiger partial charge in [-0.15, -0.1) is 0 Å². The fourth-order valence-corrected chi connectivity index (χ4v) is 6.99. The lowest BCUT2D eigenvalue weighted by atomic mass is 9.99. The van der Waals surface area contributed by atoms with E-state index in [1.165, 1.54) is 18.2 Å². The van der Waals surface area contributed by atoms with Gasteiger partial charge >= 0.3 is 6.18 Å². The molecule has 1 aliphatic carbocycles. The van der Waals surface area contributed by atoms with Crippen LogP contribution in [0, 0.1) is 13.8 Å². The van der Waals surface area contributed by atoms with E-state index < -0.39 is 33.9 Å². The van der Waals surface area contributed by atoms with Gasteiger partial charge in [0.15, 0.2) is 10.7 Å². The third-order valence-electron chi connectivity index (χ3n) is 8.37. The van der Waals surface area contributed by atoms with Crippen LogP contribution in [-0.2, 0) is 23.3 Å². The molecule has 2 heterocycles. The Bertz CT molecular complexity index is 1520. The predicted molar refractivity (Wildman–Crippen MR) is 156 cm³/mol. The summed E-state index contributed by atoms with van der Waals surface area (Å²) >= 11 is 0. The first-order valence-corrected chi connectivity index (χ1v) is 15.3. The van der Waals surface area contributed by atoms with Gasteiger partial charge in [-0.1, -0.05) is 24.3 Å². The molecule has 2 atom stereocenters. The molecule has 1 aromatic heterocycles. The minimum atomic E-state index is -4.69. The van der Waals surface area contributed by atoms with E-state index in [1.54, 1.807) is 24.1 Å². The topological polar surface area (TPSA) is 82.6 Å². The lowest BCUT2D eigenvalue weighted by molar-refractivity contribution is -0.138. The SMILES string of the molecule is Cc1cc(N2CCC(N(C)C(=O)c3ccc4c(c3)C(NC(c3ccccc3C(F)(F)F)[SH](=O)=O)CC4)CC2)cc(C)n1. The predicted octanol–water partition coefficient (Wildman–Crippen LogP) is 5.35. The van der Waals surface area contributed by atoms with Gasteiger partial charge in [0.05, 0.1) is 5.56 Å². The van der Waals surface area contributed by atoms with Crippen LogP contribution < -0.4 is 10.2 Å². The zero-order chi connectivity index (χ0) is 30.2. The highest BCUT2D eigenvalue weighted by molar-refractivity contribution is 7.72. The molecule has 2 aromatic carbocycles. The van der Waals surface area contributed by atoms with Crippen molar-refractivity contribution in [1.29, 1.82) is 0 Å². The van der Waals surface area contributed by atoms with Gasteiger partial charge in [-0.25, -0.2) is 8.42 Å². The Balaban J connectivity index is 1.30. The van der Waals surface area contributed by atoms with Gasteiger partial charge in [0.25, 0.3) is 5.91 Å². The molecule has 0 bridgehead atoms. The van der Waals surface area contributed by atoms with Gasteiger partial charge in [0.2, 0.25) is 0 Å². The molecule has 0 radical (unpaired) electrons. The van der Waals surface area contributed by atoms with Gasteiger partial charge in [-0.05, 0) is 86.6 Å². The van der Waals surface area contributed by atoms with Crippen LogP contribution in [-0.4, -0.2) is 50.4 Å². The number of pyridine rings is 1. The van der Waals surface area contributed by atoms with Crippen molar-refractivity contribution >= 4 is 22.3 Å². The third-order valence-corrected chi connectivity index (χ3v) is 9.21. The molecule has 1 aliphatic heterocycles. The number of hydrogen-bond donors (Lipinski definition) is 2. The Labute approximate surface area is 245 Å². The number of hydrogen-bond acceptors (Lipinski definition) is 6. The van der Waals surface area contributed by atoms with E-state index >= 15 is 0 Å². The maximum atomic E-state index is 13.7. The second-order valence-corrected chi connectivity index (χ2v) is 12.3. The minimum absolute atomic E-state index is 0.0627. The highest BCUT2D eigenvalue weighted by Gasteiger charge is 2.37. The molecule has 0 spiro atoms. The second-order valence-electron chi connectivity index (χ2n) is 11.2. The summed E-state index contributed by atoms with van der Waals surface area (Å²) < 4.78 is 65.4. The molecule has 1 N–H and O–H groups in total. The van der Waals surface area contributed by atoms with Crippen molar-refractivity contribution in [2.75, 3.05) is 25.0 Å². The van der Waals surface area contributed by atoms with Crippen LogP contribution in [0.5, 0.6) is 0 Å². The number of carbonyl (C=O) groups is 1. The summed E-state index contributed by atoms with van der Waals surface area (Å²) in [5.41, 5.74) is 3.96. The number of carbonyl (C=O) groups excluding carboxylic acids is 1. The Morgan fingerprint density at radius 3 is 2.33 bits per heavy atom. The average molecular weight is 601 g/mol. The largest absolute Gasteiger partial charge is 0.416 e. The first kappa shape index (κ1) is 30.0. The molecule has 1 fully saturated rings. The Hall–Kier alpha value is -3.44. The van der Waals surface area contributed by atoms with Crippen LogP contribution in [0.1, 0.15) is 74.7 Å². The van der Waals surface area contributed by atoms with Gasteiger partial charge in [-0.3, -0.25) is 15.1 Å². The molecule has 2 aliphatic rings. The van der Waals surface area contributed by atoms with Crippen LogP contribution >= 0.6 is 0 Å². The lowest BCUT2D eigenvalue weighted by Gasteiger charge is -2.38. The van der Waals surface area contributed by atoms with E-state index in [2.05, 4.69) is 27.3 Å².